The maximum Gasteiger partial charge on any atom is 0.114 e. The van der Waals surface area contributed by atoms with E-state index in [0.717, 1.165) is 47.3 Å². The highest BCUT2D eigenvalue weighted by Crippen LogP contribution is 2.13. The Bertz CT molecular complexity index is 515. The molecule has 0 saturated carbocycles. The summed E-state index contributed by atoms with van der Waals surface area (Å²) in [6.45, 7) is 3.34. The summed E-state index contributed by atoms with van der Waals surface area (Å²) in [4.78, 5) is 30.0. The predicted octanol–water partition coefficient (Wildman–Crippen LogP) is -6.98. The first kappa shape index (κ1) is 49.0. The van der Waals surface area contributed by atoms with Gasteiger partial charge in [-0.15, -0.1) is 0 Å². The molecule has 0 rings (SSSR count). The van der Waals surface area contributed by atoms with Crippen molar-refractivity contribution in [1.82, 2.24) is 0 Å². The van der Waals surface area contributed by atoms with Gasteiger partial charge in [-0.3, -0.25) is 0 Å². The molecule has 0 aromatic rings. The Hall–Kier alpha value is -1.95. The molecule has 0 spiro atoms. The van der Waals surface area contributed by atoms with Gasteiger partial charge in [0.15, 0.2) is 0 Å². The zero-order chi connectivity index (χ0) is 32.4. The fourth-order valence-electron chi connectivity index (χ4n) is 1.58. The SMILES string of the molecule is CO.CO.C[N+](C)(C)CCO.C[N+](C)(C)CCO.C[N+](C)(C)CCO.O=C([O-])CC(O)(CC(=O)[O-])C(=O)[O-]. The average molecular weight is 566 g/mol. The summed E-state index contributed by atoms with van der Waals surface area (Å²) in [6, 6.07) is 0. The lowest BCUT2D eigenvalue weighted by Crippen LogP contribution is -2.54. The predicted molar refractivity (Wildman–Crippen MR) is 135 cm³/mol. The maximum absolute atomic E-state index is 10.1. The monoisotopic (exact) mass is 565 g/mol. The molecule has 0 amide bonds. The molecule has 234 valence electrons. The Morgan fingerprint density at radius 3 is 0.789 bits per heavy atom. The van der Waals surface area contributed by atoms with Crippen LogP contribution in [0, 0.1) is 0 Å². The number of aliphatic hydroxyl groups excluding tert-OH is 5. The Labute approximate surface area is 227 Å². The van der Waals surface area contributed by atoms with Gasteiger partial charge in [0.2, 0.25) is 0 Å². The normalized spacial score (nSPS) is 10.7. The third-order valence-electron chi connectivity index (χ3n) is 3.57. The molecule has 0 fully saturated rings. The average Bonchev–Trinajstić information content (AvgIpc) is 2.68. The van der Waals surface area contributed by atoms with E-state index in [0.29, 0.717) is 0 Å². The summed E-state index contributed by atoms with van der Waals surface area (Å²) < 4.78 is 2.53. The number of carbonyl (C=O) groups excluding carboxylic acids is 3. The topological polar surface area (TPSA) is 242 Å². The summed E-state index contributed by atoms with van der Waals surface area (Å²) in [5, 5.41) is 78.1. The summed E-state index contributed by atoms with van der Waals surface area (Å²) in [5.41, 5.74) is -2.97. The van der Waals surface area contributed by atoms with Crippen molar-refractivity contribution in [2.45, 2.75) is 18.4 Å². The zero-order valence-corrected chi connectivity index (χ0v) is 25.1. The second-order valence-corrected chi connectivity index (χ2v) is 10.6. The van der Waals surface area contributed by atoms with Crippen LogP contribution in [0.3, 0.4) is 0 Å². The molecule has 15 nitrogen and oxygen atoms in total. The van der Waals surface area contributed by atoms with E-state index in [1.807, 2.05) is 0 Å². The molecule has 38 heavy (non-hydrogen) atoms. The number of carbonyl (C=O) groups is 3. The molecule has 0 saturated heterocycles. The molecule has 0 bridgehead atoms. The van der Waals surface area contributed by atoms with Crippen molar-refractivity contribution in [3.63, 3.8) is 0 Å². The van der Waals surface area contributed by atoms with Crippen LogP contribution in [-0.2, 0) is 14.4 Å². The van der Waals surface area contributed by atoms with Gasteiger partial charge in [0.05, 0.1) is 89.2 Å². The van der Waals surface area contributed by atoms with Gasteiger partial charge in [0.1, 0.15) is 25.2 Å². The smallest absolute Gasteiger partial charge is 0.114 e. The first-order valence-corrected chi connectivity index (χ1v) is 11.4. The molecular weight excluding hydrogens is 510 g/mol. The first-order valence-electron chi connectivity index (χ1n) is 11.4. The molecule has 15 heteroatoms. The van der Waals surface area contributed by atoms with Crippen LogP contribution in [0.1, 0.15) is 12.8 Å². The van der Waals surface area contributed by atoms with Crippen LogP contribution in [0.5, 0.6) is 0 Å². The number of hydrogen-bond acceptors (Lipinski definition) is 12. The van der Waals surface area contributed by atoms with Gasteiger partial charge >= 0.3 is 0 Å². The largest absolute Gasteiger partial charge is 0.550 e. The van der Waals surface area contributed by atoms with E-state index in [2.05, 4.69) is 63.4 Å². The van der Waals surface area contributed by atoms with Gasteiger partial charge in [-0.05, 0) is 0 Å². The lowest BCUT2D eigenvalue weighted by Gasteiger charge is -2.29. The van der Waals surface area contributed by atoms with Gasteiger partial charge in [-0.25, -0.2) is 0 Å². The maximum atomic E-state index is 10.1. The molecule has 0 atom stereocenters. The highest BCUT2D eigenvalue weighted by atomic mass is 16.4. The summed E-state index contributed by atoms with van der Waals surface area (Å²) in [6.07, 6.45) is -2.72. The molecule has 0 unspecified atom stereocenters. The lowest BCUT2D eigenvalue weighted by atomic mass is 9.96. The van der Waals surface area contributed by atoms with E-state index in [1.54, 1.807) is 0 Å². The minimum Gasteiger partial charge on any atom is -0.550 e. The number of rotatable bonds is 11. The van der Waals surface area contributed by atoms with Gasteiger partial charge in [0, 0.05) is 39.0 Å². The molecular formula is C23H55N3O12. The second kappa shape index (κ2) is 26.6. The molecule has 6 N–H and O–H groups in total. The van der Waals surface area contributed by atoms with E-state index in [-0.39, 0.29) is 19.8 Å². The van der Waals surface area contributed by atoms with Crippen molar-refractivity contribution in [2.75, 3.05) is 117 Å². The minimum absolute atomic E-state index is 0.281. The number of carboxylic acids is 3. The first-order chi connectivity index (χ1) is 17.0. The van der Waals surface area contributed by atoms with Crippen molar-refractivity contribution in [2.24, 2.45) is 0 Å². The van der Waals surface area contributed by atoms with E-state index >= 15 is 0 Å². The molecule has 0 aliphatic heterocycles. The number of quaternary nitrogens is 3. The van der Waals surface area contributed by atoms with Crippen molar-refractivity contribution >= 4 is 17.9 Å². The molecule has 0 aromatic carbocycles. The van der Waals surface area contributed by atoms with E-state index < -0.39 is 36.4 Å². The summed E-state index contributed by atoms with van der Waals surface area (Å²) in [7, 11) is 20.5. The molecule has 0 aliphatic rings. The minimum atomic E-state index is -2.97. The molecule has 0 heterocycles. The Morgan fingerprint density at radius 2 is 0.737 bits per heavy atom. The highest BCUT2D eigenvalue weighted by Gasteiger charge is 2.29. The number of carboxylic acid groups (broad SMARTS) is 3. The fraction of sp³-hybridized carbons (Fsp3) is 0.870. The van der Waals surface area contributed by atoms with Crippen LogP contribution in [0.2, 0.25) is 0 Å². The molecule has 0 radical (unpaired) electrons. The fourth-order valence-corrected chi connectivity index (χ4v) is 1.58. The number of hydrogen-bond donors (Lipinski definition) is 6. The van der Waals surface area contributed by atoms with Crippen LogP contribution in [0.15, 0.2) is 0 Å². The van der Waals surface area contributed by atoms with E-state index in [4.69, 9.17) is 30.6 Å². The number of nitrogens with zero attached hydrogens (tertiary/aromatic N) is 3. The van der Waals surface area contributed by atoms with Crippen LogP contribution < -0.4 is 15.3 Å². The van der Waals surface area contributed by atoms with Crippen LogP contribution in [-0.4, -0.2) is 185 Å². The van der Waals surface area contributed by atoms with Gasteiger partial charge in [-0.1, -0.05) is 0 Å². The van der Waals surface area contributed by atoms with Crippen LogP contribution in [0.25, 0.3) is 0 Å². The van der Waals surface area contributed by atoms with Crippen molar-refractivity contribution in [1.29, 1.82) is 0 Å². The van der Waals surface area contributed by atoms with E-state index in [1.165, 1.54) is 0 Å². The van der Waals surface area contributed by atoms with Gasteiger partial charge in [-0.2, -0.15) is 0 Å². The molecule has 0 aromatic heterocycles. The number of aliphatic carboxylic acids is 3. The third-order valence-corrected chi connectivity index (χ3v) is 3.57. The standard InChI is InChI=1S/C6H8O7.3C5H14NO.2CH4O/c7-3(8)1-6(13,5(11)12)2-4(9)10;3*1-6(2,3)4-5-7;2*1-2/h13H,1-2H2,(H,7,8)(H,9,10)(H,11,12);3*7H,4-5H2,1-3H3;2*2H,1H3/q;3*+1;;/p-3. The van der Waals surface area contributed by atoms with Crippen molar-refractivity contribution in [3.8, 4) is 0 Å². The van der Waals surface area contributed by atoms with Crippen molar-refractivity contribution in [3.05, 3.63) is 0 Å². The summed E-state index contributed by atoms with van der Waals surface area (Å²) in [5.74, 6) is -5.98. The van der Waals surface area contributed by atoms with E-state index in [9.17, 15) is 29.7 Å². The third kappa shape index (κ3) is 54.8. The summed E-state index contributed by atoms with van der Waals surface area (Å²) >= 11 is 0. The van der Waals surface area contributed by atoms with Crippen LogP contribution >= 0.6 is 0 Å². The van der Waals surface area contributed by atoms with Gasteiger partial charge in [0.25, 0.3) is 0 Å². The zero-order valence-electron chi connectivity index (χ0n) is 25.1. The van der Waals surface area contributed by atoms with Crippen LogP contribution in [0.4, 0.5) is 0 Å². The Balaban J connectivity index is -0.0000000893. The Kier molecular flexibility index (Phi) is 34.4. The lowest BCUT2D eigenvalue weighted by molar-refractivity contribution is -0.870. The molecule has 0 aliphatic carbocycles. The van der Waals surface area contributed by atoms with Gasteiger partial charge < -0.3 is 73.8 Å². The Morgan fingerprint density at radius 1 is 0.553 bits per heavy atom. The van der Waals surface area contributed by atoms with Crippen molar-refractivity contribution < 1.29 is 73.8 Å². The number of aliphatic hydroxyl groups is 6. The quantitative estimate of drug-likeness (QED) is 0.128. The second-order valence-electron chi connectivity index (χ2n) is 10.6. The number of likely N-dealkylation sites (N-methyl/N-ethyl adjacent to an activating group) is 3. The highest BCUT2D eigenvalue weighted by molar-refractivity contribution is 5.86.